The molecule has 3 fully saturated rings. The second-order valence-electron chi connectivity index (χ2n) is 8.88. The van der Waals surface area contributed by atoms with E-state index in [4.69, 9.17) is 4.74 Å². The van der Waals surface area contributed by atoms with Crippen molar-refractivity contribution in [2.24, 2.45) is 29.6 Å². The summed E-state index contributed by atoms with van der Waals surface area (Å²) in [4.78, 5) is 11.6. The van der Waals surface area contributed by atoms with Crippen LogP contribution in [0.2, 0.25) is 0 Å². The Morgan fingerprint density at radius 3 is 2.29 bits per heavy atom. The molecule has 0 radical (unpaired) electrons. The second kappa shape index (κ2) is 8.72. The predicted molar refractivity (Wildman–Crippen MR) is 98.7 cm³/mol. The smallest absolute Gasteiger partial charge is 0.305 e. The molecule has 2 nitrogen and oxygen atoms in total. The third-order valence-corrected chi connectivity index (χ3v) is 7.40. The molecule has 0 aliphatic heterocycles. The maximum absolute atomic E-state index is 11.6. The first-order valence-corrected chi connectivity index (χ1v) is 10.9. The molecule has 0 aromatic carbocycles. The topological polar surface area (TPSA) is 26.3 Å². The van der Waals surface area contributed by atoms with Crippen molar-refractivity contribution in [3.63, 3.8) is 0 Å². The lowest BCUT2D eigenvalue weighted by molar-refractivity contribution is -0.153. The fourth-order valence-corrected chi connectivity index (χ4v) is 6.17. The first-order chi connectivity index (χ1) is 11.7. The van der Waals surface area contributed by atoms with Gasteiger partial charge in [0.2, 0.25) is 0 Å². The van der Waals surface area contributed by atoms with Crippen LogP contribution in [-0.2, 0) is 9.53 Å². The molecule has 3 aliphatic rings. The number of hydrogen-bond acceptors (Lipinski definition) is 2. The number of unbranched alkanes of at least 4 members (excludes halogenated alkanes) is 2. The summed E-state index contributed by atoms with van der Waals surface area (Å²) in [7, 11) is 0. The third kappa shape index (κ3) is 4.35. The van der Waals surface area contributed by atoms with E-state index in [0.717, 1.165) is 42.4 Å². The van der Waals surface area contributed by atoms with Crippen molar-refractivity contribution in [2.75, 3.05) is 0 Å². The lowest BCUT2D eigenvalue weighted by Crippen LogP contribution is -2.43. The molecule has 6 atom stereocenters. The number of fused-ring (bicyclic) bond motifs is 3. The van der Waals surface area contributed by atoms with Gasteiger partial charge in [-0.2, -0.15) is 0 Å². The average molecular weight is 335 g/mol. The van der Waals surface area contributed by atoms with Gasteiger partial charge in [0, 0.05) is 6.42 Å². The molecule has 0 amide bonds. The highest BCUT2D eigenvalue weighted by Gasteiger charge is 2.44. The summed E-state index contributed by atoms with van der Waals surface area (Å²) in [5.41, 5.74) is 0. The molecule has 2 heteroatoms. The monoisotopic (exact) mass is 334 g/mol. The van der Waals surface area contributed by atoms with Gasteiger partial charge in [0.15, 0.2) is 0 Å². The summed E-state index contributed by atoms with van der Waals surface area (Å²) < 4.78 is 5.66. The van der Waals surface area contributed by atoms with Gasteiger partial charge in [0.1, 0.15) is 6.10 Å². The van der Waals surface area contributed by atoms with Crippen LogP contribution in [0.15, 0.2) is 0 Å². The molecule has 0 spiro atoms. The van der Waals surface area contributed by atoms with Gasteiger partial charge in [-0.15, -0.1) is 0 Å². The number of esters is 1. The van der Waals surface area contributed by atoms with E-state index >= 15 is 0 Å². The van der Waals surface area contributed by atoms with Crippen molar-refractivity contribution in [1.82, 2.24) is 0 Å². The Kier molecular flexibility index (Phi) is 6.63. The largest absolute Gasteiger partial charge is 0.462 e. The molecule has 0 bridgehead atoms. The minimum atomic E-state index is -0.000256. The van der Waals surface area contributed by atoms with Gasteiger partial charge >= 0.3 is 5.97 Å². The van der Waals surface area contributed by atoms with Crippen molar-refractivity contribution in [1.29, 1.82) is 0 Å². The molecule has 3 rings (SSSR count). The minimum absolute atomic E-state index is 0.000256. The van der Waals surface area contributed by atoms with Gasteiger partial charge in [0.05, 0.1) is 0 Å². The van der Waals surface area contributed by atoms with Gasteiger partial charge in [-0.3, -0.25) is 4.79 Å². The molecular formula is C22H38O2. The quantitative estimate of drug-likeness (QED) is 0.431. The summed E-state index contributed by atoms with van der Waals surface area (Å²) in [5.74, 6) is 4.81. The van der Waals surface area contributed by atoms with Gasteiger partial charge in [-0.25, -0.2) is 0 Å². The Hall–Kier alpha value is -0.530. The van der Waals surface area contributed by atoms with Crippen LogP contribution in [0, 0.1) is 29.6 Å². The zero-order valence-corrected chi connectivity index (χ0v) is 16.0. The van der Waals surface area contributed by atoms with Crippen LogP contribution in [-0.4, -0.2) is 12.1 Å². The van der Waals surface area contributed by atoms with Crippen LogP contribution in [0.5, 0.6) is 0 Å². The molecule has 0 N–H and O–H groups in total. The van der Waals surface area contributed by atoms with Gasteiger partial charge in [-0.1, -0.05) is 46.0 Å². The van der Waals surface area contributed by atoms with Crippen LogP contribution in [0.1, 0.15) is 97.3 Å². The number of carbonyl (C=O) groups is 1. The maximum atomic E-state index is 11.6. The van der Waals surface area contributed by atoms with E-state index in [9.17, 15) is 4.79 Å². The van der Waals surface area contributed by atoms with Gasteiger partial charge in [0.25, 0.3) is 0 Å². The average Bonchev–Trinajstić information content (AvgIpc) is 2.61. The first-order valence-electron chi connectivity index (χ1n) is 10.9. The Bertz CT molecular complexity index is 405. The molecular weight excluding hydrogens is 296 g/mol. The van der Waals surface area contributed by atoms with Gasteiger partial charge in [-0.05, 0) is 74.5 Å². The van der Waals surface area contributed by atoms with Crippen molar-refractivity contribution in [3.05, 3.63) is 0 Å². The van der Waals surface area contributed by atoms with E-state index in [1.165, 1.54) is 64.2 Å². The highest BCUT2D eigenvalue weighted by molar-refractivity contribution is 5.69. The van der Waals surface area contributed by atoms with Crippen LogP contribution >= 0.6 is 0 Å². The Morgan fingerprint density at radius 2 is 1.58 bits per heavy atom. The molecule has 4 unspecified atom stereocenters. The first kappa shape index (κ1) is 18.3. The van der Waals surface area contributed by atoms with Crippen molar-refractivity contribution < 1.29 is 9.53 Å². The molecule has 0 aromatic rings. The molecule has 0 saturated heterocycles. The number of rotatable bonds is 6. The highest BCUT2D eigenvalue weighted by atomic mass is 16.5. The van der Waals surface area contributed by atoms with E-state index in [0.29, 0.717) is 6.42 Å². The second-order valence-corrected chi connectivity index (χ2v) is 8.88. The SMILES string of the molecule is CCCCC[C@H]1CCC2C(CCC3C[C@@H](OC(=O)CC)CCC32)C1. The van der Waals surface area contributed by atoms with Crippen LogP contribution in [0.4, 0.5) is 0 Å². The fraction of sp³-hybridized carbons (Fsp3) is 0.955. The van der Waals surface area contributed by atoms with E-state index in [-0.39, 0.29) is 12.1 Å². The number of hydrogen-bond donors (Lipinski definition) is 0. The molecule has 0 aromatic heterocycles. The molecule has 138 valence electrons. The maximum Gasteiger partial charge on any atom is 0.305 e. The highest BCUT2D eigenvalue weighted by Crippen LogP contribution is 2.53. The zero-order valence-electron chi connectivity index (χ0n) is 16.0. The Morgan fingerprint density at radius 1 is 0.875 bits per heavy atom. The molecule has 3 aliphatic carbocycles. The van der Waals surface area contributed by atoms with Crippen LogP contribution < -0.4 is 0 Å². The third-order valence-electron chi connectivity index (χ3n) is 7.40. The van der Waals surface area contributed by atoms with E-state index in [1.807, 2.05) is 6.92 Å². The summed E-state index contributed by atoms with van der Waals surface area (Å²) in [6.07, 6.45) is 17.4. The van der Waals surface area contributed by atoms with E-state index in [1.54, 1.807) is 0 Å². The summed E-state index contributed by atoms with van der Waals surface area (Å²) in [6.45, 7) is 4.21. The minimum Gasteiger partial charge on any atom is -0.462 e. The summed E-state index contributed by atoms with van der Waals surface area (Å²) in [6, 6.07) is 0. The summed E-state index contributed by atoms with van der Waals surface area (Å²) >= 11 is 0. The number of carbonyl (C=O) groups excluding carboxylic acids is 1. The number of ether oxygens (including phenoxy) is 1. The van der Waals surface area contributed by atoms with Crippen LogP contribution in [0.3, 0.4) is 0 Å². The predicted octanol–water partition coefficient (Wildman–Crippen LogP) is 6.13. The molecule has 3 saturated carbocycles. The molecule has 24 heavy (non-hydrogen) atoms. The van der Waals surface area contributed by atoms with E-state index < -0.39 is 0 Å². The lowest BCUT2D eigenvalue weighted by Gasteiger charge is -2.50. The van der Waals surface area contributed by atoms with E-state index in [2.05, 4.69) is 6.92 Å². The Labute approximate surface area is 149 Å². The zero-order chi connectivity index (χ0) is 16.9. The van der Waals surface area contributed by atoms with Crippen molar-refractivity contribution >= 4 is 5.97 Å². The lowest BCUT2D eigenvalue weighted by atomic mass is 9.56. The van der Waals surface area contributed by atoms with Gasteiger partial charge < -0.3 is 4.74 Å². The fourth-order valence-electron chi connectivity index (χ4n) is 6.17. The molecule has 0 heterocycles. The van der Waals surface area contributed by atoms with Crippen molar-refractivity contribution in [3.8, 4) is 0 Å². The standard InChI is InChI=1S/C22H38O2/c1-3-5-6-7-16-8-12-20-17(14-16)9-10-18-15-19(11-13-21(18)20)24-22(23)4-2/h16-21H,3-15H2,1-2H3/t16-,17?,18?,19-,20?,21?/m0/s1. The normalized spacial score (nSPS) is 38.9. The summed E-state index contributed by atoms with van der Waals surface area (Å²) in [5, 5.41) is 0. The Balaban J connectivity index is 1.49. The van der Waals surface area contributed by atoms with Crippen molar-refractivity contribution in [2.45, 2.75) is 103 Å². The van der Waals surface area contributed by atoms with Crippen LogP contribution in [0.25, 0.3) is 0 Å².